The highest BCUT2D eigenvalue weighted by atomic mass is 16.5. The van der Waals surface area contributed by atoms with E-state index in [-0.39, 0.29) is 6.10 Å². The van der Waals surface area contributed by atoms with E-state index in [9.17, 15) is 9.59 Å². The fraction of sp³-hybridized carbons (Fsp3) is 0.733. The van der Waals surface area contributed by atoms with Gasteiger partial charge in [-0.25, -0.2) is 9.59 Å². The van der Waals surface area contributed by atoms with Crippen LogP contribution in [0.5, 0.6) is 0 Å². The first-order valence-electron chi connectivity index (χ1n) is 7.21. The van der Waals surface area contributed by atoms with Gasteiger partial charge in [0.25, 0.3) is 0 Å². The van der Waals surface area contributed by atoms with E-state index in [1.165, 1.54) is 0 Å². The molecule has 0 radical (unpaired) electrons. The summed E-state index contributed by atoms with van der Waals surface area (Å²) >= 11 is 0. The second-order valence-electron chi connectivity index (χ2n) is 4.72. The van der Waals surface area contributed by atoms with Crippen LogP contribution in [0.1, 0.15) is 65.2 Å². The molecule has 110 valence electrons. The van der Waals surface area contributed by atoms with Gasteiger partial charge in [0.05, 0.1) is 0 Å². The first-order valence-corrected chi connectivity index (χ1v) is 7.21. The lowest BCUT2D eigenvalue weighted by atomic mass is 10.0. The number of carboxylic acid groups (broad SMARTS) is 1. The molecule has 0 aromatic heterocycles. The molecule has 0 unspecified atom stereocenters. The summed E-state index contributed by atoms with van der Waals surface area (Å²) in [5.74, 6) is -1.69. The summed E-state index contributed by atoms with van der Waals surface area (Å²) in [6.45, 7) is 4.27. The van der Waals surface area contributed by atoms with Gasteiger partial charge in [-0.1, -0.05) is 39.5 Å². The third-order valence-electron chi connectivity index (χ3n) is 2.90. The summed E-state index contributed by atoms with van der Waals surface area (Å²) in [6.07, 6.45) is 10.1. The Balaban J connectivity index is 4.14. The number of carboxylic acids is 1. The first-order chi connectivity index (χ1) is 9.10. The maximum atomic E-state index is 11.5. The molecule has 0 aromatic carbocycles. The van der Waals surface area contributed by atoms with Crippen LogP contribution in [0.25, 0.3) is 0 Å². The number of esters is 1. The van der Waals surface area contributed by atoms with Crippen molar-refractivity contribution < 1.29 is 19.4 Å². The average molecular weight is 270 g/mol. The van der Waals surface area contributed by atoms with Gasteiger partial charge in [0.1, 0.15) is 6.10 Å². The maximum Gasteiger partial charge on any atom is 0.331 e. The summed E-state index contributed by atoms with van der Waals surface area (Å²) < 4.78 is 5.30. The van der Waals surface area contributed by atoms with Gasteiger partial charge in [0.2, 0.25) is 0 Å². The van der Waals surface area contributed by atoms with Crippen LogP contribution < -0.4 is 0 Å². The van der Waals surface area contributed by atoms with Crippen LogP contribution in [0, 0.1) is 0 Å². The fourth-order valence-corrected chi connectivity index (χ4v) is 1.85. The number of hydrogen-bond acceptors (Lipinski definition) is 3. The molecule has 0 saturated carbocycles. The number of rotatable bonds is 11. The van der Waals surface area contributed by atoms with E-state index in [0.29, 0.717) is 0 Å². The van der Waals surface area contributed by atoms with Crippen molar-refractivity contribution in [2.24, 2.45) is 0 Å². The molecule has 1 N–H and O–H groups in total. The minimum Gasteiger partial charge on any atom is -0.478 e. The molecular formula is C15H26O4. The molecule has 0 atom stereocenters. The predicted octanol–water partition coefficient (Wildman–Crippen LogP) is 3.70. The normalized spacial score (nSPS) is 11.1. The molecule has 4 heteroatoms. The molecule has 0 spiro atoms. The summed E-state index contributed by atoms with van der Waals surface area (Å²) in [5.41, 5.74) is 0. The molecule has 0 aromatic rings. The molecule has 0 saturated heterocycles. The van der Waals surface area contributed by atoms with Crippen LogP contribution in [0.2, 0.25) is 0 Å². The van der Waals surface area contributed by atoms with E-state index in [1.807, 2.05) is 0 Å². The monoisotopic (exact) mass is 270 g/mol. The SMILES string of the molecule is CCCCCC(CCCCC)OC(=O)/C=C\C(=O)O. The molecule has 0 fully saturated rings. The number of hydrogen-bond donors (Lipinski definition) is 1. The van der Waals surface area contributed by atoms with Crippen LogP contribution in [0.3, 0.4) is 0 Å². The second kappa shape index (κ2) is 11.8. The summed E-state index contributed by atoms with van der Waals surface area (Å²) in [5, 5.41) is 8.45. The molecule has 0 heterocycles. The lowest BCUT2D eigenvalue weighted by Crippen LogP contribution is -2.17. The Bertz CT molecular complexity index is 274. The van der Waals surface area contributed by atoms with Crippen molar-refractivity contribution in [3.05, 3.63) is 12.2 Å². The van der Waals surface area contributed by atoms with Crippen molar-refractivity contribution in [1.29, 1.82) is 0 Å². The van der Waals surface area contributed by atoms with E-state index < -0.39 is 11.9 Å². The lowest BCUT2D eigenvalue weighted by molar-refractivity contribution is -0.144. The third kappa shape index (κ3) is 11.5. The summed E-state index contributed by atoms with van der Waals surface area (Å²) in [4.78, 5) is 21.8. The highest BCUT2D eigenvalue weighted by Crippen LogP contribution is 2.14. The molecule has 4 nitrogen and oxygen atoms in total. The number of carbonyl (C=O) groups excluding carboxylic acids is 1. The summed E-state index contributed by atoms with van der Waals surface area (Å²) in [7, 11) is 0. The Morgan fingerprint density at radius 1 is 1.00 bits per heavy atom. The third-order valence-corrected chi connectivity index (χ3v) is 2.90. The zero-order valence-electron chi connectivity index (χ0n) is 12.1. The standard InChI is InChI=1S/C15H26O4/c1-3-5-7-9-13(10-8-6-4-2)19-15(18)12-11-14(16)17/h11-13H,3-10H2,1-2H3,(H,16,17)/b12-11-. The molecular weight excluding hydrogens is 244 g/mol. The van der Waals surface area contributed by atoms with Crippen molar-refractivity contribution in [2.45, 2.75) is 71.3 Å². The van der Waals surface area contributed by atoms with E-state index in [2.05, 4.69) is 13.8 Å². The largest absolute Gasteiger partial charge is 0.478 e. The number of unbranched alkanes of at least 4 members (excludes halogenated alkanes) is 4. The summed E-state index contributed by atoms with van der Waals surface area (Å²) in [6, 6.07) is 0. The van der Waals surface area contributed by atoms with Gasteiger partial charge >= 0.3 is 11.9 Å². The maximum absolute atomic E-state index is 11.5. The van der Waals surface area contributed by atoms with Crippen molar-refractivity contribution in [1.82, 2.24) is 0 Å². The molecule has 0 aliphatic rings. The number of carbonyl (C=O) groups is 2. The number of aliphatic carboxylic acids is 1. The zero-order chi connectivity index (χ0) is 14.5. The Morgan fingerprint density at radius 2 is 1.53 bits per heavy atom. The van der Waals surface area contributed by atoms with Gasteiger partial charge in [-0.15, -0.1) is 0 Å². The van der Waals surface area contributed by atoms with Crippen LogP contribution in [-0.2, 0) is 14.3 Å². The minimum absolute atomic E-state index is 0.0796. The van der Waals surface area contributed by atoms with E-state index in [1.54, 1.807) is 0 Å². The van der Waals surface area contributed by atoms with Crippen LogP contribution in [-0.4, -0.2) is 23.1 Å². The highest BCUT2D eigenvalue weighted by molar-refractivity contribution is 5.90. The Kier molecular flexibility index (Phi) is 10.9. The molecule has 0 rings (SSSR count). The molecule has 0 amide bonds. The quantitative estimate of drug-likeness (QED) is 0.353. The first kappa shape index (κ1) is 17.7. The van der Waals surface area contributed by atoms with Crippen molar-refractivity contribution in [3.8, 4) is 0 Å². The van der Waals surface area contributed by atoms with Crippen molar-refractivity contribution in [2.75, 3.05) is 0 Å². The fourth-order valence-electron chi connectivity index (χ4n) is 1.85. The highest BCUT2D eigenvalue weighted by Gasteiger charge is 2.12. The minimum atomic E-state index is -1.13. The van der Waals surface area contributed by atoms with E-state index >= 15 is 0 Å². The van der Waals surface area contributed by atoms with Gasteiger partial charge in [-0.05, 0) is 25.7 Å². The van der Waals surface area contributed by atoms with Crippen LogP contribution in [0.4, 0.5) is 0 Å². The zero-order valence-corrected chi connectivity index (χ0v) is 12.1. The van der Waals surface area contributed by atoms with Crippen molar-refractivity contribution >= 4 is 11.9 Å². The van der Waals surface area contributed by atoms with Gasteiger partial charge in [-0.3, -0.25) is 0 Å². The topological polar surface area (TPSA) is 63.6 Å². The van der Waals surface area contributed by atoms with Gasteiger partial charge < -0.3 is 9.84 Å². The van der Waals surface area contributed by atoms with E-state index in [0.717, 1.165) is 63.5 Å². The Hall–Kier alpha value is -1.32. The van der Waals surface area contributed by atoms with Crippen LogP contribution >= 0.6 is 0 Å². The van der Waals surface area contributed by atoms with Gasteiger partial charge in [-0.2, -0.15) is 0 Å². The lowest BCUT2D eigenvalue weighted by Gasteiger charge is -2.16. The molecule has 0 aliphatic carbocycles. The Labute approximate surface area is 115 Å². The molecule has 0 aliphatic heterocycles. The second-order valence-corrected chi connectivity index (χ2v) is 4.72. The number of ether oxygens (including phenoxy) is 1. The molecule has 19 heavy (non-hydrogen) atoms. The van der Waals surface area contributed by atoms with E-state index in [4.69, 9.17) is 9.84 Å². The molecule has 0 bridgehead atoms. The van der Waals surface area contributed by atoms with Crippen molar-refractivity contribution in [3.63, 3.8) is 0 Å². The Morgan fingerprint density at radius 3 is 1.95 bits per heavy atom. The predicted molar refractivity (Wildman–Crippen MR) is 74.9 cm³/mol. The smallest absolute Gasteiger partial charge is 0.331 e. The van der Waals surface area contributed by atoms with Gasteiger partial charge in [0.15, 0.2) is 0 Å². The van der Waals surface area contributed by atoms with Crippen LogP contribution in [0.15, 0.2) is 12.2 Å². The van der Waals surface area contributed by atoms with Gasteiger partial charge in [0, 0.05) is 12.2 Å². The average Bonchev–Trinajstić information content (AvgIpc) is 2.36.